The van der Waals surface area contributed by atoms with Gasteiger partial charge in [-0.1, -0.05) is 18.2 Å². The predicted octanol–water partition coefficient (Wildman–Crippen LogP) is 4.06. The Morgan fingerprint density at radius 2 is 1.86 bits per heavy atom. The van der Waals surface area contributed by atoms with E-state index in [0.717, 1.165) is 66.5 Å². The third-order valence-corrected chi connectivity index (χ3v) is 10.7. The topological polar surface area (TPSA) is 121 Å². The molecule has 0 radical (unpaired) electrons. The number of benzene rings is 2. The van der Waals surface area contributed by atoms with E-state index < -0.39 is 15.9 Å². The second kappa shape index (κ2) is 14.1. The second-order valence-electron chi connectivity index (χ2n) is 11.7. The fourth-order valence-electron chi connectivity index (χ4n) is 6.44. The van der Waals surface area contributed by atoms with Gasteiger partial charge in [-0.25, -0.2) is 12.7 Å². The molecule has 2 fully saturated rings. The number of likely N-dealkylation sites (tertiary alicyclic amines) is 1. The molecule has 10 heteroatoms. The van der Waals surface area contributed by atoms with Crippen molar-refractivity contribution in [1.82, 2.24) is 19.5 Å². The van der Waals surface area contributed by atoms with Gasteiger partial charge in [-0.15, -0.1) is 0 Å². The van der Waals surface area contributed by atoms with Gasteiger partial charge in [-0.05, 0) is 111 Å². The molecule has 5 rings (SSSR count). The number of amides is 1. The molecule has 3 aromatic rings. The summed E-state index contributed by atoms with van der Waals surface area (Å²) in [5, 5.41) is 4.56. The Bertz CT molecular complexity index is 1460. The van der Waals surface area contributed by atoms with E-state index in [2.05, 4.69) is 45.5 Å². The number of primary amides is 1. The van der Waals surface area contributed by atoms with Crippen LogP contribution < -0.4 is 11.1 Å². The predicted molar refractivity (Wildman–Crippen MR) is 168 cm³/mol. The van der Waals surface area contributed by atoms with E-state index in [9.17, 15) is 13.2 Å². The fraction of sp³-hybridized carbons (Fsp3) is 0.531. The van der Waals surface area contributed by atoms with Gasteiger partial charge < -0.3 is 25.7 Å². The van der Waals surface area contributed by atoms with Crippen LogP contribution in [-0.4, -0.2) is 87.3 Å². The fourth-order valence-corrected chi connectivity index (χ4v) is 7.95. The highest BCUT2D eigenvalue weighted by molar-refractivity contribution is 7.89. The van der Waals surface area contributed by atoms with Crippen LogP contribution in [0.3, 0.4) is 0 Å². The number of sulfonamides is 1. The molecule has 0 unspecified atom stereocenters. The first kappa shape index (κ1) is 30.7. The van der Waals surface area contributed by atoms with Crippen LogP contribution in [0.1, 0.15) is 65.9 Å². The first-order valence-electron chi connectivity index (χ1n) is 15.3. The van der Waals surface area contributed by atoms with Gasteiger partial charge in [0, 0.05) is 44.9 Å². The summed E-state index contributed by atoms with van der Waals surface area (Å²) in [4.78, 5) is 18.4. The van der Waals surface area contributed by atoms with Crippen molar-refractivity contribution in [2.24, 2.45) is 5.73 Å². The number of ether oxygens (including phenoxy) is 1. The molecule has 2 aliphatic heterocycles. The number of nitrogens with zero attached hydrogens (tertiary/aromatic N) is 2. The number of rotatable bonds is 14. The summed E-state index contributed by atoms with van der Waals surface area (Å²) in [5.74, 6) is -0.170. The van der Waals surface area contributed by atoms with Crippen LogP contribution >= 0.6 is 0 Å². The molecule has 0 aliphatic carbocycles. The largest absolute Gasteiger partial charge is 0.385 e. The van der Waals surface area contributed by atoms with Crippen LogP contribution in [-0.2, 0) is 21.3 Å². The summed E-state index contributed by atoms with van der Waals surface area (Å²) in [6.45, 7) is 6.82. The average Bonchev–Trinajstić information content (AvgIpc) is 3.67. The van der Waals surface area contributed by atoms with Crippen molar-refractivity contribution in [3.05, 3.63) is 59.3 Å². The molecule has 1 aromatic heterocycles. The Morgan fingerprint density at radius 1 is 1.07 bits per heavy atom. The normalized spacial score (nSPS) is 17.4. The minimum Gasteiger partial charge on any atom is -0.385 e. The van der Waals surface area contributed by atoms with Crippen LogP contribution in [0, 0.1) is 0 Å². The summed E-state index contributed by atoms with van der Waals surface area (Å²) in [7, 11) is -1.71. The van der Waals surface area contributed by atoms with Gasteiger partial charge in [0.15, 0.2) is 0 Å². The molecule has 9 nitrogen and oxygen atoms in total. The highest BCUT2D eigenvalue weighted by atomic mass is 32.2. The highest BCUT2D eigenvalue weighted by Gasteiger charge is 2.30. The molecule has 0 spiro atoms. The van der Waals surface area contributed by atoms with E-state index in [-0.39, 0.29) is 11.7 Å². The number of fused-ring (bicyclic) bond motifs is 1. The molecular formula is C32H45N5O4S. The van der Waals surface area contributed by atoms with Gasteiger partial charge in [-0.2, -0.15) is 0 Å². The van der Waals surface area contributed by atoms with Crippen molar-refractivity contribution in [2.45, 2.75) is 51.0 Å². The molecule has 0 atom stereocenters. The lowest BCUT2D eigenvalue weighted by molar-refractivity contribution is 0.100. The lowest BCUT2D eigenvalue weighted by Crippen LogP contribution is -2.39. The Labute approximate surface area is 249 Å². The zero-order valence-corrected chi connectivity index (χ0v) is 25.6. The smallest absolute Gasteiger partial charge is 0.250 e. The second-order valence-corrected chi connectivity index (χ2v) is 13.8. The van der Waals surface area contributed by atoms with Crippen molar-refractivity contribution in [3.63, 3.8) is 0 Å². The van der Waals surface area contributed by atoms with Crippen molar-refractivity contribution < 1.29 is 17.9 Å². The minimum atomic E-state index is -3.29. The van der Waals surface area contributed by atoms with E-state index in [1.807, 2.05) is 12.3 Å². The quantitative estimate of drug-likeness (QED) is 0.242. The number of piperidine rings is 1. The van der Waals surface area contributed by atoms with Crippen LogP contribution in [0.4, 0.5) is 0 Å². The molecule has 0 bridgehead atoms. The van der Waals surface area contributed by atoms with E-state index in [1.54, 1.807) is 11.4 Å². The summed E-state index contributed by atoms with van der Waals surface area (Å²) < 4.78 is 32.2. The lowest BCUT2D eigenvalue weighted by Gasteiger charge is -2.31. The van der Waals surface area contributed by atoms with E-state index in [1.165, 1.54) is 31.5 Å². The molecule has 2 aromatic carbocycles. The molecule has 4 N–H and O–H groups in total. The number of aromatic amines is 1. The van der Waals surface area contributed by atoms with E-state index in [4.69, 9.17) is 10.5 Å². The van der Waals surface area contributed by atoms with Gasteiger partial charge in [0.1, 0.15) is 0 Å². The number of H-pyrrole nitrogens is 1. The standard InChI is InChI=1S/C32H45N5O4S/c1-41-17-6-18-42(39,40)37-15-9-25(10-16-37)30-23-35-31-28(30)20-27(21-29(31)32(33)38)26-8-4-7-24(19-26)22-34-11-5-14-36-12-2-3-13-36/h4,7-8,19-21,23,25,34-35H,2-3,5-6,9-18,22H2,1H3,(H2,33,38). The van der Waals surface area contributed by atoms with Crippen LogP contribution in [0.5, 0.6) is 0 Å². The first-order valence-corrected chi connectivity index (χ1v) is 16.9. The maximum Gasteiger partial charge on any atom is 0.250 e. The number of hydrogen-bond acceptors (Lipinski definition) is 6. The van der Waals surface area contributed by atoms with E-state index in [0.29, 0.717) is 31.7 Å². The van der Waals surface area contributed by atoms with Gasteiger partial charge in [0.2, 0.25) is 10.0 Å². The zero-order chi connectivity index (χ0) is 29.5. The number of nitrogens with two attached hydrogens (primary N) is 1. The molecule has 42 heavy (non-hydrogen) atoms. The average molecular weight is 596 g/mol. The van der Waals surface area contributed by atoms with Gasteiger partial charge >= 0.3 is 0 Å². The van der Waals surface area contributed by atoms with Crippen molar-refractivity contribution in [3.8, 4) is 11.1 Å². The van der Waals surface area contributed by atoms with Crippen LogP contribution in [0.2, 0.25) is 0 Å². The maximum absolute atomic E-state index is 12.8. The molecular weight excluding hydrogens is 550 g/mol. The van der Waals surface area contributed by atoms with Gasteiger partial charge in [0.25, 0.3) is 5.91 Å². The van der Waals surface area contributed by atoms with Crippen LogP contribution in [0.25, 0.3) is 22.0 Å². The Morgan fingerprint density at radius 3 is 2.60 bits per heavy atom. The SMILES string of the molecule is COCCCS(=O)(=O)N1CCC(c2c[nH]c3c(C(N)=O)cc(-c4cccc(CNCCCN5CCCC5)c4)cc23)CC1. The van der Waals surface area contributed by atoms with Crippen molar-refractivity contribution in [1.29, 1.82) is 0 Å². The lowest BCUT2D eigenvalue weighted by atomic mass is 9.88. The first-order chi connectivity index (χ1) is 20.4. The number of carbonyl (C=O) groups excluding carboxylic acids is 1. The maximum atomic E-state index is 12.8. The third-order valence-electron chi connectivity index (χ3n) is 8.74. The summed E-state index contributed by atoms with van der Waals surface area (Å²) in [6, 6.07) is 12.5. The number of hydrogen-bond donors (Lipinski definition) is 3. The Kier molecular flexibility index (Phi) is 10.3. The third kappa shape index (κ3) is 7.41. The molecule has 2 aliphatic rings. The molecule has 0 saturated carbocycles. The summed E-state index contributed by atoms with van der Waals surface area (Å²) in [6.07, 6.45) is 7.72. The van der Waals surface area contributed by atoms with E-state index >= 15 is 0 Å². The highest BCUT2D eigenvalue weighted by Crippen LogP contribution is 2.37. The Hall–Kier alpha value is -2.76. The van der Waals surface area contributed by atoms with Gasteiger partial charge in [0.05, 0.1) is 16.8 Å². The monoisotopic (exact) mass is 595 g/mol. The van der Waals surface area contributed by atoms with Gasteiger partial charge in [-0.3, -0.25) is 4.79 Å². The summed E-state index contributed by atoms with van der Waals surface area (Å²) >= 11 is 0. The number of nitrogens with one attached hydrogen (secondary N) is 2. The summed E-state index contributed by atoms with van der Waals surface area (Å²) in [5.41, 5.74) is 11.4. The molecule has 1 amide bonds. The zero-order valence-electron chi connectivity index (χ0n) is 24.7. The molecule has 2 saturated heterocycles. The number of methoxy groups -OCH3 is 1. The Balaban J connectivity index is 1.29. The van der Waals surface area contributed by atoms with Crippen molar-refractivity contribution >= 4 is 26.8 Å². The van der Waals surface area contributed by atoms with Crippen molar-refractivity contribution in [2.75, 3.05) is 58.7 Å². The molecule has 228 valence electrons. The number of carbonyl (C=O) groups is 1. The minimum absolute atomic E-state index is 0.108. The molecule has 3 heterocycles. The number of aromatic nitrogens is 1. The van der Waals surface area contributed by atoms with Crippen LogP contribution in [0.15, 0.2) is 42.6 Å².